The first-order valence-electron chi connectivity index (χ1n) is 11.0. The number of rotatable bonds is 5. The molecule has 170 valence electrons. The van der Waals surface area contributed by atoms with Gasteiger partial charge in [-0.1, -0.05) is 32.9 Å². The molecule has 2 aromatic heterocycles. The van der Waals surface area contributed by atoms with Crippen LogP contribution in [0.2, 0.25) is 0 Å². The molecule has 0 aliphatic heterocycles. The standard InChI is InChI=1S/C25H33N5O2/c1-15(2)30-23-21(14-26-30)16(3)20(17(4)27-23)12-13-22(31)28-29-24(32)18-8-10-19(11-9-18)25(5,6)7/h8-11,14-15H,12-13H2,1-7H3,(H,28,31)(H,29,32). The fourth-order valence-corrected chi connectivity index (χ4v) is 3.76. The van der Waals surface area contributed by atoms with Gasteiger partial charge in [0.15, 0.2) is 5.65 Å². The van der Waals surface area contributed by atoms with Gasteiger partial charge >= 0.3 is 0 Å². The van der Waals surface area contributed by atoms with Crippen molar-refractivity contribution in [2.45, 2.75) is 72.8 Å². The molecule has 2 N–H and O–H groups in total. The molecule has 2 amide bonds. The lowest BCUT2D eigenvalue weighted by Gasteiger charge is -2.19. The van der Waals surface area contributed by atoms with Crippen molar-refractivity contribution in [2.75, 3.05) is 0 Å². The van der Waals surface area contributed by atoms with E-state index in [9.17, 15) is 9.59 Å². The fraction of sp³-hybridized carbons (Fsp3) is 0.440. The number of carbonyl (C=O) groups is 2. The normalized spacial score (nSPS) is 11.8. The molecule has 32 heavy (non-hydrogen) atoms. The smallest absolute Gasteiger partial charge is 0.269 e. The molecule has 0 aliphatic carbocycles. The average molecular weight is 436 g/mol. The van der Waals surface area contributed by atoms with E-state index < -0.39 is 0 Å². The number of hydrazine groups is 1. The van der Waals surface area contributed by atoms with Crippen molar-refractivity contribution in [1.29, 1.82) is 0 Å². The molecular weight excluding hydrogens is 402 g/mol. The van der Waals surface area contributed by atoms with E-state index in [1.807, 2.05) is 36.9 Å². The van der Waals surface area contributed by atoms with Crippen molar-refractivity contribution in [3.05, 3.63) is 58.4 Å². The first-order chi connectivity index (χ1) is 15.0. The summed E-state index contributed by atoms with van der Waals surface area (Å²) in [5.41, 5.74) is 10.6. The van der Waals surface area contributed by atoms with Crippen LogP contribution < -0.4 is 10.9 Å². The summed E-state index contributed by atoms with van der Waals surface area (Å²) in [7, 11) is 0. The van der Waals surface area contributed by atoms with Crippen molar-refractivity contribution in [3.63, 3.8) is 0 Å². The minimum atomic E-state index is -0.338. The minimum Gasteiger partial charge on any atom is -0.273 e. The van der Waals surface area contributed by atoms with Crippen molar-refractivity contribution in [3.8, 4) is 0 Å². The average Bonchev–Trinajstić information content (AvgIpc) is 3.15. The van der Waals surface area contributed by atoms with Crippen molar-refractivity contribution < 1.29 is 9.59 Å². The molecular formula is C25H33N5O2. The third-order valence-electron chi connectivity index (χ3n) is 5.76. The van der Waals surface area contributed by atoms with Crippen molar-refractivity contribution in [1.82, 2.24) is 25.6 Å². The highest BCUT2D eigenvalue weighted by molar-refractivity contribution is 5.95. The molecule has 3 rings (SSSR count). The van der Waals surface area contributed by atoms with Gasteiger partial charge in [-0.05, 0) is 68.4 Å². The number of nitrogens with one attached hydrogen (secondary N) is 2. The van der Waals surface area contributed by atoms with Gasteiger partial charge in [0.25, 0.3) is 5.91 Å². The second-order valence-electron chi connectivity index (χ2n) is 9.55. The Balaban J connectivity index is 1.60. The van der Waals surface area contributed by atoms with Crippen LogP contribution in [0.15, 0.2) is 30.5 Å². The molecule has 1 aromatic carbocycles. The highest BCUT2D eigenvalue weighted by atomic mass is 16.2. The predicted molar refractivity (Wildman–Crippen MR) is 126 cm³/mol. The number of hydrogen-bond acceptors (Lipinski definition) is 4. The Morgan fingerprint density at radius 3 is 2.31 bits per heavy atom. The van der Waals surface area contributed by atoms with E-state index >= 15 is 0 Å². The SMILES string of the molecule is Cc1nc2c(cnn2C(C)C)c(C)c1CCC(=O)NNC(=O)c1ccc(C(C)(C)C)cc1. The van der Waals surface area contributed by atoms with Gasteiger partial charge in [-0.2, -0.15) is 5.10 Å². The Labute approximate surface area is 189 Å². The zero-order valence-corrected chi connectivity index (χ0v) is 20.0. The molecule has 3 aromatic rings. The molecule has 2 heterocycles. The number of nitrogens with zero attached hydrogens (tertiary/aromatic N) is 3. The van der Waals surface area contributed by atoms with Crippen molar-refractivity contribution >= 4 is 22.8 Å². The molecule has 7 nitrogen and oxygen atoms in total. The number of amides is 2. The molecule has 0 saturated heterocycles. The van der Waals surface area contributed by atoms with Crippen LogP contribution >= 0.6 is 0 Å². The lowest BCUT2D eigenvalue weighted by molar-refractivity contribution is -0.121. The van der Waals surface area contributed by atoms with Gasteiger partial charge in [0.1, 0.15) is 0 Å². The van der Waals surface area contributed by atoms with Crippen LogP contribution in [0, 0.1) is 13.8 Å². The third-order valence-corrected chi connectivity index (χ3v) is 5.76. The monoisotopic (exact) mass is 435 g/mol. The highest BCUT2D eigenvalue weighted by Gasteiger charge is 2.17. The van der Waals surface area contributed by atoms with Gasteiger partial charge in [-0.15, -0.1) is 0 Å². The van der Waals surface area contributed by atoms with E-state index in [0.29, 0.717) is 12.0 Å². The maximum absolute atomic E-state index is 12.4. The number of pyridine rings is 1. The number of fused-ring (bicyclic) bond motifs is 1. The summed E-state index contributed by atoms with van der Waals surface area (Å²) >= 11 is 0. The van der Waals surface area contributed by atoms with E-state index in [-0.39, 0.29) is 29.7 Å². The van der Waals surface area contributed by atoms with Crippen LogP contribution in [0.5, 0.6) is 0 Å². The first kappa shape index (κ1) is 23.4. The van der Waals surface area contributed by atoms with E-state index in [2.05, 4.69) is 50.6 Å². The maximum Gasteiger partial charge on any atom is 0.269 e. The largest absolute Gasteiger partial charge is 0.273 e. The summed E-state index contributed by atoms with van der Waals surface area (Å²) in [6, 6.07) is 7.64. The van der Waals surface area contributed by atoms with Gasteiger partial charge in [0.2, 0.25) is 5.91 Å². The summed E-state index contributed by atoms with van der Waals surface area (Å²) in [6.45, 7) is 14.5. The quantitative estimate of drug-likeness (QED) is 0.584. The van der Waals surface area contributed by atoms with Crippen molar-refractivity contribution in [2.24, 2.45) is 0 Å². The predicted octanol–water partition coefficient (Wildman–Crippen LogP) is 4.32. The molecule has 0 bridgehead atoms. The molecule has 0 radical (unpaired) electrons. The molecule has 0 saturated carbocycles. The van der Waals surface area contributed by atoms with Gasteiger partial charge in [-0.3, -0.25) is 20.4 Å². The third kappa shape index (κ3) is 4.98. The first-order valence-corrected chi connectivity index (χ1v) is 11.0. The minimum absolute atomic E-state index is 0.0187. The number of hydrogen-bond donors (Lipinski definition) is 2. The summed E-state index contributed by atoms with van der Waals surface area (Å²) in [5.74, 6) is -0.586. The maximum atomic E-state index is 12.4. The Morgan fingerprint density at radius 1 is 1.06 bits per heavy atom. The summed E-state index contributed by atoms with van der Waals surface area (Å²) in [6.07, 6.45) is 2.62. The second-order valence-corrected chi connectivity index (χ2v) is 9.55. The molecule has 7 heteroatoms. The van der Waals surface area contributed by atoms with Crippen LogP contribution in [0.4, 0.5) is 0 Å². The fourth-order valence-electron chi connectivity index (χ4n) is 3.76. The van der Waals surface area contributed by atoms with E-state index in [4.69, 9.17) is 4.98 Å². The summed E-state index contributed by atoms with van der Waals surface area (Å²) in [4.78, 5) is 29.4. The topological polar surface area (TPSA) is 88.9 Å². The lowest BCUT2D eigenvalue weighted by Crippen LogP contribution is -2.41. The lowest BCUT2D eigenvalue weighted by atomic mass is 9.87. The van der Waals surface area contributed by atoms with Crippen LogP contribution in [0.1, 0.15) is 79.8 Å². The molecule has 0 spiro atoms. The number of benzene rings is 1. The summed E-state index contributed by atoms with van der Waals surface area (Å²) < 4.78 is 1.91. The van der Waals surface area contributed by atoms with Crippen LogP contribution in [0.3, 0.4) is 0 Å². The molecule has 0 unspecified atom stereocenters. The van der Waals surface area contributed by atoms with E-state index in [1.165, 1.54) is 0 Å². The number of aromatic nitrogens is 3. The Hall–Kier alpha value is -3.22. The van der Waals surface area contributed by atoms with Crippen LogP contribution in [0.25, 0.3) is 11.0 Å². The zero-order chi connectivity index (χ0) is 23.6. The van der Waals surface area contributed by atoms with Gasteiger partial charge in [0.05, 0.1) is 6.20 Å². The highest BCUT2D eigenvalue weighted by Crippen LogP contribution is 2.25. The zero-order valence-electron chi connectivity index (χ0n) is 20.0. The van der Waals surface area contributed by atoms with Crippen LogP contribution in [-0.2, 0) is 16.6 Å². The molecule has 0 atom stereocenters. The summed E-state index contributed by atoms with van der Waals surface area (Å²) in [5, 5.41) is 5.46. The Bertz CT molecular complexity index is 1140. The van der Waals surface area contributed by atoms with Crippen LogP contribution in [-0.4, -0.2) is 26.6 Å². The van der Waals surface area contributed by atoms with E-state index in [0.717, 1.165) is 33.4 Å². The van der Waals surface area contributed by atoms with Gasteiger partial charge in [-0.25, -0.2) is 9.67 Å². The second kappa shape index (κ2) is 9.10. The molecule has 0 fully saturated rings. The van der Waals surface area contributed by atoms with Gasteiger partial charge in [0, 0.05) is 29.1 Å². The number of carbonyl (C=O) groups excluding carboxylic acids is 2. The Kier molecular flexibility index (Phi) is 6.67. The Morgan fingerprint density at radius 2 is 1.72 bits per heavy atom. The van der Waals surface area contributed by atoms with Gasteiger partial charge < -0.3 is 0 Å². The number of aryl methyl sites for hydroxylation is 2. The van der Waals surface area contributed by atoms with E-state index in [1.54, 1.807) is 12.1 Å². The molecule has 0 aliphatic rings.